The molecule has 50 heavy (non-hydrogen) atoms. The topological polar surface area (TPSA) is 3.24 Å². The summed E-state index contributed by atoms with van der Waals surface area (Å²) in [6.07, 6.45) is 0. The number of fused-ring (bicyclic) bond motifs is 9. The van der Waals surface area contributed by atoms with E-state index in [-0.39, 0.29) is 10.8 Å². The van der Waals surface area contributed by atoms with Crippen LogP contribution in [-0.4, -0.2) is 0 Å². The summed E-state index contributed by atoms with van der Waals surface area (Å²) in [6, 6.07) is 56.5. The Labute approximate surface area is 298 Å². The largest absolute Gasteiger partial charge is 0.310 e. The fourth-order valence-corrected chi connectivity index (χ4v) is 10.2. The predicted octanol–water partition coefficient (Wildman–Crippen LogP) is 13.8. The fourth-order valence-electron chi connectivity index (χ4n) is 9.07. The third kappa shape index (κ3) is 4.06. The maximum absolute atomic E-state index is 2.59. The molecule has 0 saturated carbocycles. The molecule has 1 aromatic heterocycles. The zero-order valence-electron chi connectivity index (χ0n) is 28.8. The zero-order chi connectivity index (χ0) is 33.8. The fraction of sp³-hybridized carbons (Fsp3) is 0.125. The molecule has 0 unspecified atom stereocenters. The van der Waals surface area contributed by atoms with Gasteiger partial charge >= 0.3 is 0 Å². The van der Waals surface area contributed by atoms with Crippen LogP contribution in [0.15, 0.2) is 152 Å². The van der Waals surface area contributed by atoms with Crippen LogP contribution in [0.4, 0.5) is 17.1 Å². The van der Waals surface area contributed by atoms with Gasteiger partial charge < -0.3 is 4.90 Å². The minimum atomic E-state index is -0.203. The van der Waals surface area contributed by atoms with Crippen molar-refractivity contribution < 1.29 is 0 Å². The van der Waals surface area contributed by atoms with Gasteiger partial charge in [-0.05, 0) is 92.0 Å². The average Bonchev–Trinajstić information content (AvgIpc) is 3.72. The third-order valence-electron chi connectivity index (χ3n) is 11.4. The molecule has 0 N–H and O–H groups in total. The lowest BCUT2D eigenvalue weighted by atomic mass is 9.75. The number of hydrogen-bond acceptors (Lipinski definition) is 2. The van der Waals surface area contributed by atoms with E-state index in [4.69, 9.17) is 0 Å². The molecule has 0 aliphatic heterocycles. The highest BCUT2D eigenvalue weighted by atomic mass is 32.1. The molecule has 10 rings (SSSR count). The van der Waals surface area contributed by atoms with Gasteiger partial charge in [0.15, 0.2) is 0 Å². The summed E-state index contributed by atoms with van der Waals surface area (Å²) in [4.78, 5) is 2.59. The Bertz CT molecular complexity index is 2560. The molecule has 0 radical (unpaired) electrons. The molecule has 1 nitrogen and oxygen atoms in total. The van der Waals surface area contributed by atoms with E-state index in [0.29, 0.717) is 0 Å². The number of rotatable bonds is 4. The smallest absolute Gasteiger partial charge is 0.0555 e. The molecule has 1 heterocycles. The van der Waals surface area contributed by atoms with Gasteiger partial charge in [-0.15, -0.1) is 11.3 Å². The number of hydrogen-bond donors (Lipinski definition) is 0. The molecule has 2 aliphatic carbocycles. The second-order valence-electron chi connectivity index (χ2n) is 14.9. The SMILES string of the molecule is CC1(C)c2ccccc2-c2cc3c(c(N(c4ccc(-c5ccccc5)cc4)c4ccc5c(c4)sc4ccccc45)c21)C(C)(C)c1ccccc1-3. The van der Waals surface area contributed by atoms with E-state index >= 15 is 0 Å². The Morgan fingerprint density at radius 1 is 0.420 bits per heavy atom. The van der Waals surface area contributed by atoms with Crippen LogP contribution in [-0.2, 0) is 10.8 Å². The molecule has 0 amide bonds. The Morgan fingerprint density at radius 2 is 0.940 bits per heavy atom. The molecule has 0 saturated heterocycles. The summed E-state index contributed by atoms with van der Waals surface area (Å²) < 4.78 is 2.64. The van der Waals surface area contributed by atoms with E-state index in [9.17, 15) is 0 Å². The van der Waals surface area contributed by atoms with Gasteiger partial charge in [0.2, 0.25) is 0 Å². The maximum atomic E-state index is 2.59. The molecule has 0 atom stereocenters. The van der Waals surface area contributed by atoms with Gasteiger partial charge in [0.25, 0.3) is 0 Å². The highest BCUT2D eigenvalue weighted by Crippen LogP contribution is 2.62. The number of thiophene rings is 1. The predicted molar refractivity (Wildman–Crippen MR) is 215 cm³/mol. The second-order valence-corrected chi connectivity index (χ2v) is 16.0. The van der Waals surface area contributed by atoms with Crippen molar-refractivity contribution in [1.29, 1.82) is 0 Å². The highest BCUT2D eigenvalue weighted by molar-refractivity contribution is 7.25. The van der Waals surface area contributed by atoms with Gasteiger partial charge in [0, 0.05) is 42.4 Å². The Kier molecular flexibility index (Phi) is 6.21. The average molecular weight is 660 g/mol. The van der Waals surface area contributed by atoms with Gasteiger partial charge in [0.1, 0.15) is 0 Å². The van der Waals surface area contributed by atoms with Crippen molar-refractivity contribution in [3.63, 3.8) is 0 Å². The number of anilines is 3. The first-order valence-electron chi connectivity index (χ1n) is 17.6. The van der Waals surface area contributed by atoms with Crippen molar-refractivity contribution in [3.05, 3.63) is 174 Å². The minimum absolute atomic E-state index is 0.203. The zero-order valence-corrected chi connectivity index (χ0v) is 29.6. The van der Waals surface area contributed by atoms with Crippen LogP contribution in [0, 0.1) is 0 Å². The van der Waals surface area contributed by atoms with E-state index in [1.165, 1.54) is 92.9 Å². The minimum Gasteiger partial charge on any atom is -0.310 e. The Balaban J connectivity index is 1.31. The monoisotopic (exact) mass is 659 g/mol. The van der Waals surface area contributed by atoms with Gasteiger partial charge in [-0.25, -0.2) is 0 Å². The maximum Gasteiger partial charge on any atom is 0.0555 e. The van der Waals surface area contributed by atoms with Crippen LogP contribution >= 0.6 is 11.3 Å². The van der Waals surface area contributed by atoms with Gasteiger partial charge in [-0.1, -0.05) is 143 Å². The van der Waals surface area contributed by atoms with Crippen LogP contribution in [0.25, 0.3) is 53.6 Å². The third-order valence-corrected chi connectivity index (χ3v) is 12.5. The molecule has 7 aromatic carbocycles. The van der Waals surface area contributed by atoms with Crippen LogP contribution < -0.4 is 4.90 Å². The van der Waals surface area contributed by atoms with Crippen molar-refractivity contribution in [2.45, 2.75) is 38.5 Å². The number of nitrogens with zero attached hydrogens (tertiary/aromatic N) is 1. The van der Waals surface area contributed by atoms with Crippen LogP contribution in [0.1, 0.15) is 49.9 Å². The Morgan fingerprint density at radius 3 is 1.60 bits per heavy atom. The summed E-state index contributed by atoms with van der Waals surface area (Å²) in [7, 11) is 0. The van der Waals surface area contributed by atoms with Crippen LogP contribution in [0.2, 0.25) is 0 Å². The lowest BCUT2D eigenvalue weighted by Gasteiger charge is -2.37. The normalized spacial score (nSPS) is 14.7. The van der Waals surface area contributed by atoms with Crippen LogP contribution in [0.5, 0.6) is 0 Å². The Hall–Kier alpha value is -5.44. The molecule has 2 aliphatic rings. The van der Waals surface area contributed by atoms with E-state index in [0.717, 1.165) is 0 Å². The van der Waals surface area contributed by atoms with Gasteiger partial charge in [-0.2, -0.15) is 0 Å². The first kappa shape index (κ1) is 29.5. The summed E-state index contributed by atoms with van der Waals surface area (Å²) in [5.41, 5.74) is 16.7. The second kappa shape index (κ2) is 10.5. The molecule has 0 bridgehead atoms. The summed E-state index contributed by atoms with van der Waals surface area (Å²) >= 11 is 1.89. The summed E-state index contributed by atoms with van der Waals surface area (Å²) in [5.74, 6) is 0. The van der Waals surface area contributed by atoms with E-state index in [2.05, 4.69) is 184 Å². The van der Waals surface area contributed by atoms with Gasteiger partial charge in [-0.3, -0.25) is 0 Å². The van der Waals surface area contributed by atoms with Crippen molar-refractivity contribution in [2.75, 3.05) is 4.90 Å². The van der Waals surface area contributed by atoms with Gasteiger partial charge in [0.05, 0.1) is 5.69 Å². The van der Waals surface area contributed by atoms with Crippen molar-refractivity contribution in [1.82, 2.24) is 0 Å². The van der Waals surface area contributed by atoms with Crippen molar-refractivity contribution >= 4 is 48.6 Å². The lowest BCUT2D eigenvalue weighted by molar-refractivity contribution is 0.640. The molecular formula is C48H37NS. The lowest BCUT2D eigenvalue weighted by Crippen LogP contribution is -2.26. The molecule has 2 heteroatoms. The van der Waals surface area contributed by atoms with Crippen molar-refractivity contribution in [2.24, 2.45) is 0 Å². The first-order valence-corrected chi connectivity index (χ1v) is 18.4. The number of benzene rings is 7. The molecule has 0 fully saturated rings. The summed E-state index contributed by atoms with van der Waals surface area (Å²) in [6.45, 7) is 9.70. The van der Waals surface area contributed by atoms with E-state index < -0.39 is 0 Å². The van der Waals surface area contributed by atoms with E-state index in [1.54, 1.807) is 0 Å². The highest BCUT2D eigenvalue weighted by Gasteiger charge is 2.46. The van der Waals surface area contributed by atoms with Crippen LogP contribution in [0.3, 0.4) is 0 Å². The van der Waals surface area contributed by atoms with E-state index in [1.807, 2.05) is 11.3 Å². The summed E-state index contributed by atoms with van der Waals surface area (Å²) in [5, 5.41) is 2.64. The van der Waals surface area contributed by atoms with Crippen molar-refractivity contribution in [3.8, 4) is 33.4 Å². The molecule has 240 valence electrons. The molecular weight excluding hydrogens is 623 g/mol. The first-order chi connectivity index (χ1) is 24.3. The standard InChI is InChI=1S/C48H37NS/c1-47(2)40-19-11-8-16-34(40)38-29-39-35-17-9-12-20-41(35)48(3,4)45(39)46(44(38)47)49(32-24-22-31(23-25-32)30-14-6-5-7-15-30)33-26-27-37-36-18-10-13-21-42(36)50-43(37)28-33/h5-29H,1-4H3. The quantitative estimate of drug-likeness (QED) is 0.182. The molecule has 0 spiro atoms. The molecule has 8 aromatic rings.